The summed E-state index contributed by atoms with van der Waals surface area (Å²) >= 11 is 0. The number of carbonyl (C=O) groups is 1. The lowest BCUT2D eigenvalue weighted by molar-refractivity contribution is -0.140. The van der Waals surface area contributed by atoms with Crippen molar-refractivity contribution in [3.63, 3.8) is 0 Å². The van der Waals surface area contributed by atoms with Crippen molar-refractivity contribution in [1.29, 1.82) is 0 Å². The number of cyclic esters (lactones) is 1. The highest BCUT2D eigenvalue weighted by atomic mass is 16.5. The summed E-state index contributed by atoms with van der Waals surface area (Å²) in [4.78, 5) is 10.9. The Morgan fingerprint density at radius 3 is 2.70 bits per heavy atom. The maximum absolute atomic E-state index is 10.9. The van der Waals surface area contributed by atoms with E-state index in [1.54, 1.807) is 0 Å². The molecule has 1 rings (SSSR count). The maximum atomic E-state index is 10.9. The van der Waals surface area contributed by atoms with Crippen LogP contribution in [-0.2, 0) is 9.53 Å². The van der Waals surface area contributed by atoms with Gasteiger partial charge in [-0.05, 0) is 5.92 Å². The summed E-state index contributed by atoms with van der Waals surface area (Å²) in [6.45, 7) is 4.55. The number of hydrogen-bond acceptors (Lipinski definition) is 2. The highest BCUT2D eigenvalue weighted by Crippen LogP contribution is 2.15. The van der Waals surface area contributed by atoms with Crippen LogP contribution in [0.15, 0.2) is 11.6 Å². The zero-order valence-corrected chi connectivity index (χ0v) is 6.39. The third-order valence-corrected chi connectivity index (χ3v) is 1.57. The third kappa shape index (κ3) is 1.38. The molecule has 0 aromatic heterocycles. The first-order chi connectivity index (χ1) is 4.72. The standard InChI is InChI=1S/C8H12O2/c1-6(2)7-4-3-5-10-8(7)9/h4,6H,3,5H2,1-2H3. The van der Waals surface area contributed by atoms with Gasteiger partial charge in [-0.2, -0.15) is 0 Å². The van der Waals surface area contributed by atoms with Gasteiger partial charge in [-0.1, -0.05) is 19.9 Å². The molecule has 0 atom stereocenters. The van der Waals surface area contributed by atoms with E-state index < -0.39 is 0 Å². The molecule has 0 bridgehead atoms. The van der Waals surface area contributed by atoms with E-state index in [4.69, 9.17) is 4.74 Å². The molecule has 0 aromatic carbocycles. The Kier molecular flexibility index (Phi) is 2.10. The average Bonchev–Trinajstić information content (AvgIpc) is 1.88. The third-order valence-electron chi connectivity index (χ3n) is 1.57. The van der Waals surface area contributed by atoms with Crippen LogP contribution in [0.2, 0.25) is 0 Å². The molecule has 2 nitrogen and oxygen atoms in total. The van der Waals surface area contributed by atoms with Crippen molar-refractivity contribution in [1.82, 2.24) is 0 Å². The molecule has 0 saturated carbocycles. The summed E-state index contributed by atoms with van der Waals surface area (Å²) in [5, 5.41) is 0. The number of carbonyl (C=O) groups excluding carboxylic acids is 1. The Balaban J connectivity index is 2.71. The van der Waals surface area contributed by atoms with Crippen molar-refractivity contribution in [3.05, 3.63) is 11.6 Å². The van der Waals surface area contributed by atoms with Crippen molar-refractivity contribution in [2.45, 2.75) is 20.3 Å². The van der Waals surface area contributed by atoms with Gasteiger partial charge in [-0.25, -0.2) is 4.79 Å². The summed E-state index contributed by atoms with van der Waals surface area (Å²) in [5.41, 5.74) is 0.825. The van der Waals surface area contributed by atoms with Crippen molar-refractivity contribution in [2.75, 3.05) is 6.61 Å². The first-order valence-corrected chi connectivity index (χ1v) is 3.59. The normalized spacial score (nSPS) is 18.7. The van der Waals surface area contributed by atoms with E-state index in [1.807, 2.05) is 19.9 Å². The van der Waals surface area contributed by atoms with Crippen molar-refractivity contribution in [2.24, 2.45) is 5.92 Å². The summed E-state index contributed by atoms with van der Waals surface area (Å²) in [7, 11) is 0. The Labute approximate surface area is 60.9 Å². The number of ether oxygens (including phenoxy) is 1. The molecule has 1 heterocycles. The van der Waals surface area contributed by atoms with Gasteiger partial charge in [0.1, 0.15) is 0 Å². The topological polar surface area (TPSA) is 26.3 Å². The fourth-order valence-corrected chi connectivity index (χ4v) is 1.00. The van der Waals surface area contributed by atoms with Gasteiger partial charge in [0.25, 0.3) is 0 Å². The molecule has 0 saturated heterocycles. The highest BCUT2D eigenvalue weighted by Gasteiger charge is 2.17. The van der Waals surface area contributed by atoms with Gasteiger partial charge in [-0.3, -0.25) is 0 Å². The minimum atomic E-state index is -0.138. The smallest absolute Gasteiger partial charge is 0.333 e. The second kappa shape index (κ2) is 2.86. The van der Waals surface area contributed by atoms with Gasteiger partial charge in [-0.15, -0.1) is 0 Å². The summed E-state index contributed by atoms with van der Waals surface area (Å²) in [6, 6.07) is 0. The van der Waals surface area contributed by atoms with Crippen LogP contribution < -0.4 is 0 Å². The van der Waals surface area contributed by atoms with Crippen LogP contribution >= 0.6 is 0 Å². The Morgan fingerprint density at radius 1 is 1.60 bits per heavy atom. The second-order valence-electron chi connectivity index (χ2n) is 2.74. The van der Waals surface area contributed by atoms with Crippen LogP contribution in [0.4, 0.5) is 0 Å². The number of rotatable bonds is 1. The van der Waals surface area contributed by atoms with Gasteiger partial charge in [0.2, 0.25) is 0 Å². The van der Waals surface area contributed by atoms with Gasteiger partial charge in [0.05, 0.1) is 6.61 Å². The molecule has 0 aliphatic carbocycles. The molecule has 0 unspecified atom stereocenters. The Bertz CT molecular complexity index is 168. The molecule has 0 aromatic rings. The molecule has 0 radical (unpaired) electrons. The van der Waals surface area contributed by atoms with Crippen LogP contribution in [0, 0.1) is 5.92 Å². The van der Waals surface area contributed by atoms with Crippen LogP contribution in [0.3, 0.4) is 0 Å². The molecular weight excluding hydrogens is 128 g/mol. The van der Waals surface area contributed by atoms with E-state index in [1.165, 1.54) is 0 Å². The van der Waals surface area contributed by atoms with Gasteiger partial charge in [0, 0.05) is 12.0 Å². The molecule has 0 fully saturated rings. The fourth-order valence-electron chi connectivity index (χ4n) is 1.00. The Morgan fingerprint density at radius 2 is 2.30 bits per heavy atom. The van der Waals surface area contributed by atoms with Gasteiger partial charge >= 0.3 is 5.97 Å². The monoisotopic (exact) mass is 140 g/mol. The molecule has 0 spiro atoms. The van der Waals surface area contributed by atoms with E-state index in [0.29, 0.717) is 12.5 Å². The maximum Gasteiger partial charge on any atom is 0.333 e. The van der Waals surface area contributed by atoms with E-state index in [0.717, 1.165) is 12.0 Å². The van der Waals surface area contributed by atoms with Crippen molar-refractivity contribution < 1.29 is 9.53 Å². The van der Waals surface area contributed by atoms with Crippen molar-refractivity contribution >= 4 is 5.97 Å². The molecule has 10 heavy (non-hydrogen) atoms. The first-order valence-electron chi connectivity index (χ1n) is 3.59. The molecule has 1 aliphatic heterocycles. The zero-order chi connectivity index (χ0) is 7.56. The lowest BCUT2D eigenvalue weighted by atomic mass is 10.0. The van der Waals surface area contributed by atoms with E-state index in [-0.39, 0.29) is 5.97 Å². The van der Waals surface area contributed by atoms with Gasteiger partial charge in [0.15, 0.2) is 0 Å². The van der Waals surface area contributed by atoms with E-state index >= 15 is 0 Å². The Hall–Kier alpha value is -0.790. The van der Waals surface area contributed by atoms with Crippen LogP contribution in [0.5, 0.6) is 0 Å². The lowest BCUT2D eigenvalue weighted by Gasteiger charge is -2.14. The van der Waals surface area contributed by atoms with Crippen LogP contribution in [-0.4, -0.2) is 12.6 Å². The van der Waals surface area contributed by atoms with Crippen LogP contribution in [0.25, 0.3) is 0 Å². The lowest BCUT2D eigenvalue weighted by Crippen LogP contribution is -2.17. The largest absolute Gasteiger partial charge is 0.462 e. The SMILES string of the molecule is CC(C)C1=CCCOC1=O. The highest BCUT2D eigenvalue weighted by molar-refractivity contribution is 5.89. The average molecular weight is 140 g/mol. The first kappa shape index (κ1) is 7.32. The quantitative estimate of drug-likeness (QED) is 0.516. The van der Waals surface area contributed by atoms with E-state index in [2.05, 4.69) is 0 Å². The minimum absolute atomic E-state index is 0.138. The van der Waals surface area contributed by atoms with Crippen molar-refractivity contribution in [3.8, 4) is 0 Å². The number of hydrogen-bond donors (Lipinski definition) is 0. The molecule has 56 valence electrons. The molecular formula is C8H12O2. The van der Waals surface area contributed by atoms with Gasteiger partial charge < -0.3 is 4.74 Å². The predicted octanol–water partition coefficient (Wildman–Crippen LogP) is 1.52. The summed E-state index contributed by atoms with van der Waals surface area (Å²) in [6.07, 6.45) is 2.84. The summed E-state index contributed by atoms with van der Waals surface area (Å²) in [5.74, 6) is 0.161. The molecule has 0 amide bonds. The fraction of sp³-hybridized carbons (Fsp3) is 0.625. The predicted molar refractivity (Wildman–Crippen MR) is 38.5 cm³/mol. The second-order valence-corrected chi connectivity index (χ2v) is 2.74. The summed E-state index contributed by atoms with van der Waals surface area (Å²) < 4.78 is 4.84. The minimum Gasteiger partial charge on any atom is -0.462 e. The molecule has 0 N–H and O–H groups in total. The molecule has 2 heteroatoms. The zero-order valence-electron chi connectivity index (χ0n) is 6.39. The molecule has 1 aliphatic rings. The van der Waals surface area contributed by atoms with Crippen LogP contribution in [0.1, 0.15) is 20.3 Å². The van der Waals surface area contributed by atoms with E-state index in [9.17, 15) is 4.79 Å². The number of esters is 1.